The van der Waals surface area contributed by atoms with Gasteiger partial charge in [0.2, 0.25) is 0 Å². The average Bonchev–Trinajstić information content (AvgIpc) is 2.28. The third-order valence-electron chi connectivity index (χ3n) is 2.54. The molecule has 0 spiro atoms. The Balaban J connectivity index is 2.92. The van der Waals surface area contributed by atoms with Crippen LogP contribution in [-0.4, -0.2) is 7.11 Å². The van der Waals surface area contributed by atoms with Gasteiger partial charge in [-0.3, -0.25) is 0 Å². The van der Waals surface area contributed by atoms with Crippen LogP contribution in [0.15, 0.2) is 12.1 Å². The summed E-state index contributed by atoms with van der Waals surface area (Å²) >= 11 is 12.2. The van der Waals surface area contributed by atoms with Crippen molar-refractivity contribution in [3.8, 4) is 5.75 Å². The summed E-state index contributed by atoms with van der Waals surface area (Å²) in [7, 11) is 1.56. The fourth-order valence-electron chi connectivity index (χ4n) is 1.56. The molecule has 90 valence electrons. The highest BCUT2D eigenvalue weighted by Gasteiger charge is 2.13. The summed E-state index contributed by atoms with van der Waals surface area (Å²) in [5.74, 6) is 0.582. The minimum atomic E-state index is -0.0594. The molecule has 0 aliphatic carbocycles. The number of methoxy groups -OCH3 is 1. The molecule has 0 aliphatic rings. The molecule has 4 heteroatoms. The second-order valence-corrected chi connectivity index (χ2v) is 4.57. The predicted octanol–water partition coefficient (Wildman–Crippen LogP) is 4.19. The van der Waals surface area contributed by atoms with Gasteiger partial charge < -0.3 is 10.5 Å². The van der Waals surface area contributed by atoms with E-state index in [2.05, 4.69) is 6.92 Å². The van der Waals surface area contributed by atoms with Crippen LogP contribution >= 0.6 is 23.2 Å². The lowest BCUT2D eigenvalue weighted by atomic mass is 10.0. The van der Waals surface area contributed by atoms with Gasteiger partial charge in [-0.15, -0.1) is 0 Å². The van der Waals surface area contributed by atoms with Crippen LogP contribution in [-0.2, 0) is 0 Å². The Morgan fingerprint density at radius 3 is 2.56 bits per heavy atom. The maximum Gasteiger partial charge on any atom is 0.138 e. The molecular weight excluding hydrogens is 245 g/mol. The molecule has 0 fully saturated rings. The van der Waals surface area contributed by atoms with Gasteiger partial charge >= 0.3 is 0 Å². The third kappa shape index (κ3) is 3.27. The lowest BCUT2D eigenvalue weighted by Gasteiger charge is -2.15. The van der Waals surface area contributed by atoms with Crippen LogP contribution in [0.1, 0.15) is 37.8 Å². The van der Waals surface area contributed by atoms with Crippen LogP contribution < -0.4 is 10.5 Å². The lowest BCUT2D eigenvalue weighted by molar-refractivity contribution is 0.414. The Labute approximate surface area is 107 Å². The summed E-state index contributed by atoms with van der Waals surface area (Å²) in [5.41, 5.74) is 6.95. The quantitative estimate of drug-likeness (QED) is 0.863. The Hall–Kier alpha value is -0.440. The van der Waals surface area contributed by atoms with Crippen molar-refractivity contribution >= 4 is 23.2 Å². The molecule has 0 bridgehead atoms. The minimum absolute atomic E-state index is 0.0594. The molecule has 2 N–H and O–H groups in total. The molecule has 0 aromatic heterocycles. The van der Waals surface area contributed by atoms with Gasteiger partial charge in [0.25, 0.3) is 0 Å². The van der Waals surface area contributed by atoms with E-state index in [1.165, 1.54) is 0 Å². The number of unbranched alkanes of at least 4 members (excludes halogenated alkanes) is 1. The first kappa shape index (κ1) is 13.6. The monoisotopic (exact) mass is 261 g/mol. The number of halogens is 2. The zero-order chi connectivity index (χ0) is 12.1. The first-order valence-corrected chi connectivity index (χ1v) is 6.14. The molecule has 2 nitrogen and oxygen atoms in total. The Morgan fingerprint density at radius 1 is 1.31 bits per heavy atom. The lowest BCUT2D eigenvalue weighted by Crippen LogP contribution is -2.10. The van der Waals surface area contributed by atoms with E-state index in [1.807, 2.05) is 0 Å². The van der Waals surface area contributed by atoms with E-state index in [0.717, 1.165) is 24.8 Å². The fraction of sp³-hybridized carbons (Fsp3) is 0.500. The predicted molar refractivity (Wildman–Crippen MR) is 69.5 cm³/mol. The van der Waals surface area contributed by atoms with Crippen molar-refractivity contribution in [2.75, 3.05) is 7.11 Å². The standard InChI is InChI=1S/C12H17Cl2NO/c1-3-4-5-11(15)8-6-10(14)12(16-2)7-9(8)13/h6-7,11H,3-5,15H2,1-2H3. The summed E-state index contributed by atoms with van der Waals surface area (Å²) in [6.45, 7) is 2.13. The third-order valence-corrected chi connectivity index (χ3v) is 3.16. The van der Waals surface area contributed by atoms with Crippen LogP contribution in [0.2, 0.25) is 10.0 Å². The number of rotatable bonds is 5. The maximum absolute atomic E-state index is 6.14. The molecule has 0 heterocycles. The molecular formula is C12H17Cl2NO. The number of hydrogen-bond donors (Lipinski definition) is 1. The molecule has 0 saturated heterocycles. The maximum atomic E-state index is 6.14. The van der Waals surface area contributed by atoms with E-state index in [9.17, 15) is 0 Å². The van der Waals surface area contributed by atoms with Crippen LogP contribution in [0, 0.1) is 0 Å². The summed E-state index contributed by atoms with van der Waals surface area (Å²) in [4.78, 5) is 0. The number of benzene rings is 1. The van der Waals surface area contributed by atoms with Crippen molar-refractivity contribution in [2.24, 2.45) is 5.73 Å². The van der Waals surface area contributed by atoms with Gasteiger partial charge in [0.15, 0.2) is 0 Å². The molecule has 1 atom stereocenters. The second-order valence-electron chi connectivity index (χ2n) is 3.76. The van der Waals surface area contributed by atoms with Crippen molar-refractivity contribution < 1.29 is 4.74 Å². The van der Waals surface area contributed by atoms with Crippen LogP contribution in [0.3, 0.4) is 0 Å². The van der Waals surface area contributed by atoms with Crippen molar-refractivity contribution in [3.05, 3.63) is 27.7 Å². The summed E-state index contributed by atoms with van der Waals surface area (Å²) in [6, 6.07) is 3.45. The largest absolute Gasteiger partial charge is 0.495 e. The van der Waals surface area contributed by atoms with Crippen molar-refractivity contribution in [1.29, 1.82) is 0 Å². The van der Waals surface area contributed by atoms with Gasteiger partial charge in [0.05, 0.1) is 12.1 Å². The highest BCUT2D eigenvalue weighted by atomic mass is 35.5. The summed E-state index contributed by atoms with van der Waals surface area (Å²) < 4.78 is 5.08. The van der Waals surface area contributed by atoms with Gasteiger partial charge in [-0.2, -0.15) is 0 Å². The van der Waals surface area contributed by atoms with E-state index in [4.69, 9.17) is 33.7 Å². The Bertz CT molecular complexity index is 355. The molecule has 16 heavy (non-hydrogen) atoms. The van der Waals surface area contributed by atoms with Crippen LogP contribution in [0.25, 0.3) is 0 Å². The minimum Gasteiger partial charge on any atom is -0.495 e. The van der Waals surface area contributed by atoms with Gasteiger partial charge in [-0.05, 0) is 18.1 Å². The molecule has 1 unspecified atom stereocenters. The molecule has 1 rings (SSSR count). The van der Waals surface area contributed by atoms with E-state index in [0.29, 0.717) is 15.8 Å². The molecule has 0 amide bonds. The highest BCUT2D eigenvalue weighted by molar-refractivity contribution is 6.34. The topological polar surface area (TPSA) is 35.2 Å². The zero-order valence-corrected chi connectivity index (χ0v) is 11.1. The molecule has 0 saturated carbocycles. The first-order chi connectivity index (χ1) is 7.60. The second kappa shape index (κ2) is 6.33. The highest BCUT2D eigenvalue weighted by Crippen LogP contribution is 2.34. The average molecular weight is 262 g/mol. The smallest absolute Gasteiger partial charge is 0.138 e. The van der Waals surface area contributed by atoms with E-state index >= 15 is 0 Å². The van der Waals surface area contributed by atoms with E-state index < -0.39 is 0 Å². The van der Waals surface area contributed by atoms with Crippen LogP contribution in [0.4, 0.5) is 0 Å². The SMILES string of the molecule is CCCCC(N)c1cc(Cl)c(OC)cc1Cl. The van der Waals surface area contributed by atoms with Crippen molar-refractivity contribution in [2.45, 2.75) is 32.2 Å². The van der Waals surface area contributed by atoms with Gasteiger partial charge in [0, 0.05) is 17.1 Å². The van der Waals surface area contributed by atoms with Crippen molar-refractivity contribution in [1.82, 2.24) is 0 Å². The fourth-order valence-corrected chi connectivity index (χ4v) is 2.11. The molecule has 1 aromatic rings. The summed E-state index contributed by atoms with van der Waals surface area (Å²) in [6.07, 6.45) is 3.12. The Kier molecular flexibility index (Phi) is 5.39. The number of ether oxygens (including phenoxy) is 1. The molecule has 0 aliphatic heterocycles. The van der Waals surface area contributed by atoms with Gasteiger partial charge in [-0.25, -0.2) is 0 Å². The molecule has 0 radical (unpaired) electrons. The number of hydrogen-bond acceptors (Lipinski definition) is 2. The molecule has 1 aromatic carbocycles. The summed E-state index contributed by atoms with van der Waals surface area (Å²) in [5, 5.41) is 1.17. The normalized spacial score (nSPS) is 12.6. The van der Waals surface area contributed by atoms with E-state index in [1.54, 1.807) is 19.2 Å². The Morgan fingerprint density at radius 2 is 2.00 bits per heavy atom. The van der Waals surface area contributed by atoms with Gasteiger partial charge in [0.1, 0.15) is 5.75 Å². The van der Waals surface area contributed by atoms with E-state index in [-0.39, 0.29) is 6.04 Å². The van der Waals surface area contributed by atoms with Crippen molar-refractivity contribution in [3.63, 3.8) is 0 Å². The van der Waals surface area contributed by atoms with Crippen LogP contribution in [0.5, 0.6) is 5.75 Å². The number of nitrogens with two attached hydrogens (primary N) is 1. The van der Waals surface area contributed by atoms with Gasteiger partial charge in [-0.1, -0.05) is 43.0 Å². The zero-order valence-electron chi connectivity index (χ0n) is 9.59. The first-order valence-electron chi connectivity index (χ1n) is 5.38.